The quantitative estimate of drug-likeness (QED) is 0.864. The van der Waals surface area contributed by atoms with Crippen molar-refractivity contribution in [3.05, 3.63) is 51.2 Å². The molecule has 0 radical (unpaired) electrons. The number of hydrogen-bond acceptors (Lipinski definition) is 3. The molecule has 2 aromatic rings. The van der Waals surface area contributed by atoms with Gasteiger partial charge in [0.25, 0.3) is 0 Å². The highest BCUT2D eigenvalue weighted by molar-refractivity contribution is 7.80. The Morgan fingerprint density at radius 3 is 2.65 bits per heavy atom. The second-order valence-corrected chi connectivity index (χ2v) is 6.13. The second kappa shape index (κ2) is 5.10. The van der Waals surface area contributed by atoms with Gasteiger partial charge in [-0.05, 0) is 35.6 Å². The third kappa shape index (κ3) is 2.29. The summed E-state index contributed by atoms with van der Waals surface area (Å²) in [7, 11) is 0. The summed E-state index contributed by atoms with van der Waals surface area (Å²) in [6.07, 6.45) is 0.808. The van der Waals surface area contributed by atoms with Crippen LogP contribution in [0.5, 0.6) is 0 Å². The van der Waals surface area contributed by atoms with Crippen molar-refractivity contribution in [2.24, 2.45) is 5.73 Å². The molecule has 0 unspecified atom stereocenters. The van der Waals surface area contributed by atoms with Crippen molar-refractivity contribution in [3.8, 4) is 0 Å². The van der Waals surface area contributed by atoms with Gasteiger partial charge in [-0.15, -0.1) is 11.3 Å². The van der Waals surface area contributed by atoms with Gasteiger partial charge in [-0.2, -0.15) is 0 Å². The molecule has 1 aromatic carbocycles. The van der Waals surface area contributed by atoms with E-state index >= 15 is 0 Å². The lowest BCUT2D eigenvalue weighted by atomic mass is 10.1. The maximum Gasteiger partial charge on any atom is 0.150 e. The van der Waals surface area contributed by atoms with Crippen molar-refractivity contribution in [1.29, 1.82) is 0 Å². The van der Waals surface area contributed by atoms with Gasteiger partial charge in [-0.25, -0.2) is 8.78 Å². The van der Waals surface area contributed by atoms with Crippen molar-refractivity contribution in [2.75, 3.05) is 11.4 Å². The van der Waals surface area contributed by atoms with Gasteiger partial charge in [0.1, 0.15) is 22.3 Å². The largest absolute Gasteiger partial charge is 0.389 e. The van der Waals surface area contributed by atoms with Crippen LogP contribution >= 0.6 is 23.6 Å². The molecule has 0 amide bonds. The summed E-state index contributed by atoms with van der Waals surface area (Å²) in [6.45, 7) is 1.13. The zero-order chi connectivity index (χ0) is 14.3. The fourth-order valence-electron chi connectivity index (χ4n) is 2.45. The number of thiophene rings is 1. The van der Waals surface area contributed by atoms with Crippen LogP contribution in [0.2, 0.25) is 0 Å². The van der Waals surface area contributed by atoms with Crippen molar-refractivity contribution in [2.45, 2.75) is 13.0 Å². The molecule has 6 heteroatoms. The summed E-state index contributed by atoms with van der Waals surface area (Å²) in [5.74, 6) is -1.24. The van der Waals surface area contributed by atoms with Crippen LogP contribution in [0.3, 0.4) is 0 Å². The first kappa shape index (κ1) is 13.5. The van der Waals surface area contributed by atoms with Crippen LogP contribution in [0.25, 0.3) is 0 Å². The maximum absolute atomic E-state index is 14.2. The number of thiocarbonyl (C=S) groups is 1. The van der Waals surface area contributed by atoms with Gasteiger partial charge in [-0.1, -0.05) is 12.2 Å². The minimum Gasteiger partial charge on any atom is -0.389 e. The highest BCUT2D eigenvalue weighted by Gasteiger charge is 2.23. The number of benzene rings is 1. The molecule has 20 heavy (non-hydrogen) atoms. The van der Waals surface area contributed by atoms with E-state index in [2.05, 4.69) is 0 Å². The molecule has 104 valence electrons. The molecule has 3 rings (SSSR count). The fraction of sp³-hybridized carbons (Fsp3) is 0.214. The highest BCUT2D eigenvalue weighted by Crippen LogP contribution is 2.31. The second-order valence-electron chi connectivity index (χ2n) is 4.69. The lowest BCUT2D eigenvalue weighted by Crippen LogP contribution is -2.31. The third-order valence-corrected chi connectivity index (χ3v) is 4.68. The van der Waals surface area contributed by atoms with Crippen molar-refractivity contribution >= 4 is 34.2 Å². The van der Waals surface area contributed by atoms with E-state index in [1.165, 1.54) is 17.0 Å². The first-order valence-corrected chi connectivity index (χ1v) is 7.44. The number of rotatable bonds is 2. The van der Waals surface area contributed by atoms with E-state index in [1.54, 1.807) is 16.2 Å². The van der Waals surface area contributed by atoms with Crippen LogP contribution in [-0.4, -0.2) is 11.5 Å². The Labute approximate surface area is 124 Å². The molecule has 0 saturated carbocycles. The van der Waals surface area contributed by atoms with E-state index in [9.17, 15) is 8.78 Å². The molecule has 2 heterocycles. The topological polar surface area (TPSA) is 29.3 Å². The SMILES string of the molecule is NC(=S)c1cc(F)c(N2CCc3sccc3C2)c(F)c1. The van der Waals surface area contributed by atoms with E-state index in [0.29, 0.717) is 13.1 Å². The first-order chi connectivity index (χ1) is 9.56. The van der Waals surface area contributed by atoms with Crippen molar-refractivity contribution in [1.82, 2.24) is 0 Å². The average Bonchev–Trinajstić information content (AvgIpc) is 2.85. The molecule has 1 aliphatic heterocycles. The third-order valence-electron chi connectivity index (χ3n) is 3.43. The smallest absolute Gasteiger partial charge is 0.150 e. The maximum atomic E-state index is 14.2. The zero-order valence-corrected chi connectivity index (χ0v) is 12.2. The summed E-state index contributed by atoms with van der Waals surface area (Å²) >= 11 is 6.44. The summed E-state index contributed by atoms with van der Waals surface area (Å²) in [5.41, 5.74) is 6.77. The number of nitrogens with two attached hydrogens (primary N) is 1. The van der Waals surface area contributed by atoms with Crippen LogP contribution in [0, 0.1) is 11.6 Å². The Balaban J connectivity index is 1.97. The number of anilines is 1. The summed E-state index contributed by atoms with van der Waals surface area (Å²) < 4.78 is 28.3. The van der Waals surface area contributed by atoms with Gasteiger partial charge < -0.3 is 10.6 Å². The number of halogens is 2. The minimum absolute atomic E-state index is 0.00171. The van der Waals surface area contributed by atoms with Gasteiger partial charge in [0.2, 0.25) is 0 Å². The predicted molar refractivity (Wildman–Crippen MR) is 81.3 cm³/mol. The fourth-order valence-corrected chi connectivity index (χ4v) is 3.46. The summed E-state index contributed by atoms with van der Waals surface area (Å²) in [5, 5.41) is 2.01. The Morgan fingerprint density at radius 2 is 2.00 bits per heavy atom. The lowest BCUT2D eigenvalue weighted by molar-refractivity contribution is 0.565. The van der Waals surface area contributed by atoms with Gasteiger partial charge in [0, 0.05) is 23.5 Å². The van der Waals surface area contributed by atoms with Gasteiger partial charge in [0.05, 0.1) is 0 Å². The Bertz CT molecular complexity index is 659. The molecule has 0 aliphatic carbocycles. The molecular weight excluding hydrogens is 298 g/mol. The molecule has 2 N–H and O–H groups in total. The van der Waals surface area contributed by atoms with E-state index in [-0.39, 0.29) is 16.2 Å². The van der Waals surface area contributed by atoms with E-state index in [4.69, 9.17) is 18.0 Å². The molecule has 2 nitrogen and oxygen atoms in total. The Hall–Kier alpha value is -1.53. The number of nitrogens with zero attached hydrogens (tertiary/aromatic N) is 1. The molecule has 0 bridgehead atoms. The molecule has 1 aliphatic rings. The van der Waals surface area contributed by atoms with Crippen LogP contribution in [-0.2, 0) is 13.0 Å². The molecule has 0 spiro atoms. The lowest BCUT2D eigenvalue weighted by Gasteiger charge is -2.29. The van der Waals surface area contributed by atoms with E-state index in [1.807, 2.05) is 11.4 Å². The van der Waals surface area contributed by atoms with Gasteiger partial charge in [-0.3, -0.25) is 0 Å². The minimum atomic E-state index is -0.619. The van der Waals surface area contributed by atoms with Gasteiger partial charge >= 0.3 is 0 Å². The van der Waals surface area contributed by atoms with Gasteiger partial charge in [0.15, 0.2) is 0 Å². The molecule has 0 saturated heterocycles. The summed E-state index contributed by atoms with van der Waals surface area (Å²) in [6, 6.07) is 4.40. The molecule has 0 fully saturated rings. The highest BCUT2D eigenvalue weighted by atomic mass is 32.1. The molecular formula is C14H12F2N2S2. The van der Waals surface area contributed by atoms with Crippen molar-refractivity contribution in [3.63, 3.8) is 0 Å². The molecule has 0 atom stereocenters. The number of fused-ring (bicyclic) bond motifs is 1. The van der Waals surface area contributed by atoms with Crippen LogP contribution in [0.1, 0.15) is 16.0 Å². The monoisotopic (exact) mass is 310 g/mol. The van der Waals surface area contributed by atoms with Crippen LogP contribution < -0.4 is 10.6 Å². The van der Waals surface area contributed by atoms with E-state index in [0.717, 1.165) is 12.0 Å². The van der Waals surface area contributed by atoms with Crippen LogP contribution in [0.4, 0.5) is 14.5 Å². The summed E-state index contributed by atoms with van der Waals surface area (Å²) in [4.78, 5) is 3.01. The predicted octanol–water partition coefficient (Wildman–Crippen LogP) is 3.22. The Morgan fingerprint density at radius 1 is 1.30 bits per heavy atom. The zero-order valence-electron chi connectivity index (χ0n) is 10.5. The van der Waals surface area contributed by atoms with Crippen LogP contribution in [0.15, 0.2) is 23.6 Å². The number of hydrogen-bond donors (Lipinski definition) is 1. The average molecular weight is 310 g/mol. The molecule has 1 aromatic heterocycles. The standard InChI is InChI=1S/C14H12F2N2S2/c15-10-5-9(14(17)19)6-11(16)13(10)18-3-1-12-8(7-18)2-4-20-12/h2,4-6H,1,3,7H2,(H2,17,19). The van der Waals surface area contributed by atoms with Crippen molar-refractivity contribution < 1.29 is 8.78 Å². The normalized spacial score (nSPS) is 14.2. The first-order valence-electron chi connectivity index (χ1n) is 6.15. The Kier molecular flexibility index (Phi) is 3.43. The van der Waals surface area contributed by atoms with E-state index < -0.39 is 11.6 Å².